The van der Waals surface area contributed by atoms with E-state index < -0.39 is 5.41 Å². The third kappa shape index (κ3) is 4.14. The smallest absolute Gasteiger partial charge is 0.235 e. The molecule has 2 aliphatic heterocycles. The van der Waals surface area contributed by atoms with E-state index in [1.54, 1.807) is 19.2 Å². The van der Waals surface area contributed by atoms with Gasteiger partial charge >= 0.3 is 0 Å². The fraction of sp³-hybridized carbons (Fsp3) is 0.296. The molecule has 3 aromatic rings. The van der Waals surface area contributed by atoms with E-state index in [1.807, 2.05) is 54.6 Å². The van der Waals surface area contributed by atoms with Crippen LogP contribution in [0.1, 0.15) is 29.5 Å². The first kappa shape index (κ1) is 21.3. The number of fused-ring (bicyclic) bond motifs is 2. The van der Waals surface area contributed by atoms with E-state index in [-0.39, 0.29) is 11.7 Å². The second-order valence-corrected chi connectivity index (χ2v) is 8.81. The van der Waals surface area contributed by atoms with E-state index >= 15 is 0 Å². The number of carbonyl (C=O) groups excluding carboxylic acids is 1. The number of anilines is 1. The van der Waals surface area contributed by atoms with Crippen molar-refractivity contribution in [1.82, 2.24) is 4.90 Å². The van der Waals surface area contributed by atoms with E-state index in [2.05, 4.69) is 10.2 Å². The molecule has 33 heavy (non-hydrogen) atoms. The third-order valence-electron chi connectivity index (χ3n) is 6.77. The molecule has 0 aromatic heterocycles. The van der Waals surface area contributed by atoms with Gasteiger partial charge in [0.25, 0.3) is 0 Å². The van der Waals surface area contributed by atoms with E-state index in [0.29, 0.717) is 18.1 Å². The molecule has 6 heteroatoms. The van der Waals surface area contributed by atoms with Crippen molar-refractivity contribution in [2.75, 3.05) is 25.5 Å². The first-order valence-corrected chi connectivity index (χ1v) is 11.3. The highest BCUT2D eigenvalue weighted by atomic mass is 16.5. The molecule has 6 nitrogen and oxygen atoms in total. The van der Waals surface area contributed by atoms with E-state index in [0.717, 1.165) is 54.9 Å². The molecule has 3 aromatic carbocycles. The molecule has 0 aliphatic carbocycles. The number of phenols is 1. The van der Waals surface area contributed by atoms with Crippen molar-refractivity contribution >= 4 is 11.6 Å². The maximum Gasteiger partial charge on any atom is 0.235 e. The molecule has 2 aliphatic rings. The highest BCUT2D eigenvalue weighted by Gasteiger charge is 2.49. The lowest BCUT2D eigenvalue weighted by atomic mass is 9.73. The topological polar surface area (TPSA) is 71.0 Å². The van der Waals surface area contributed by atoms with Crippen molar-refractivity contribution in [1.29, 1.82) is 0 Å². The van der Waals surface area contributed by atoms with Crippen LogP contribution in [-0.4, -0.2) is 36.1 Å². The summed E-state index contributed by atoms with van der Waals surface area (Å²) in [6, 6.07) is 21.2. The number of nitrogens with one attached hydrogen (secondary N) is 1. The zero-order valence-electron chi connectivity index (χ0n) is 18.7. The summed E-state index contributed by atoms with van der Waals surface area (Å²) < 4.78 is 11.7. The lowest BCUT2D eigenvalue weighted by Crippen LogP contribution is -2.46. The Hall–Kier alpha value is -3.51. The number of amides is 1. The molecule has 0 unspecified atom stereocenters. The first-order valence-electron chi connectivity index (χ1n) is 11.3. The average Bonchev–Trinajstić information content (AvgIpc) is 3.09. The molecule has 1 amide bonds. The molecule has 0 bridgehead atoms. The second-order valence-electron chi connectivity index (χ2n) is 8.81. The van der Waals surface area contributed by atoms with Gasteiger partial charge in [-0.3, -0.25) is 9.69 Å². The SMILES string of the molecule is COc1cc2c(cc1OCc1ccccc1)NC(=O)C21CCN(Cc2cccc(O)c2)CC1. The van der Waals surface area contributed by atoms with Gasteiger partial charge in [0.05, 0.1) is 12.5 Å². The van der Waals surface area contributed by atoms with Crippen LogP contribution in [0.25, 0.3) is 0 Å². The number of nitrogens with zero attached hydrogens (tertiary/aromatic N) is 1. The molecule has 170 valence electrons. The van der Waals surface area contributed by atoms with Gasteiger partial charge in [-0.1, -0.05) is 42.5 Å². The van der Waals surface area contributed by atoms with Gasteiger partial charge in [0.2, 0.25) is 5.91 Å². The number of likely N-dealkylation sites (tertiary alicyclic amines) is 1. The normalized spacial score (nSPS) is 16.9. The summed E-state index contributed by atoms with van der Waals surface area (Å²) in [7, 11) is 1.63. The number of ether oxygens (including phenoxy) is 2. The first-order chi connectivity index (χ1) is 16.1. The Labute approximate surface area is 193 Å². The van der Waals surface area contributed by atoms with Gasteiger partial charge in [-0.05, 0) is 60.8 Å². The fourth-order valence-corrected chi connectivity index (χ4v) is 4.93. The molecule has 2 N–H and O–H groups in total. The van der Waals surface area contributed by atoms with Gasteiger partial charge in [-0.15, -0.1) is 0 Å². The van der Waals surface area contributed by atoms with E-state index in [9.17, 15) is 9.90 Å². The van der Waals surface area contributed by atoms with Gasteiger partial charge < -0.3 is 19.9 Å². The Bertz CT molecular complexity index is 1150. The van der Waals surface area contributed by atoms with Crippen LogP contribution in [0.4, 0.5) is 5.69 Å². The average molecular weight is 445 g/mol. The molecule has 1 fully saturated rings. The Morgan fingerprint density at radius 1 is 0.970 bits per heavy atom. The van der Waals surface area contributed by atoms with Gasteiger partial charge in [0, 0.05) is 18.3 Å². The Morgan fingerprint density at radius 3 is 2.45 bits per heavy atom. The molecule has 5 rings (SSSR count). The number of piperidine rings is 1. The zero-order chi connectivity index (χ0) is 22.8. The molecule has 0 radical (unpaired) electrons. The zero-order valence-corrected chi connectivity index (χ0v) is 18.7. The number of carbonyl (C=O) groups is 1. The third-order valence-corrected chi connectivity index (χ3v) is 6.77. The quantitative estimate of drug-likeness (QED) is 0.587. The summed E-state index contributed by atoms with van der Waals surface area (Å²) in [6.45, 7) is 2.79. The van der Waals surface area contributed by atoms with Crippen molar-refractivity contribution in [2.45, 2.75) is 31.4 Å². The van der Waals surface area contributed by atoms with E-state index in [4.69, 9.17) is 9.47 Å². The van der Waals surface area contributed by atoms with Crippen molar-refractivity contribution < 1.29 is 19.4 Å². The van der Waals surface area contributed by atoms with Crippen LogP contribution < -0.4 is 14.8 Å². The number of benzene rings is 3. The van der Waals surface area contributed by atoms with Crippen LogP contribution in [0.15, 0.2) is 66.7 Å². The summed E-state index contributed by atoms with van der Waals surface area (Å²) in [5.74, 6) is 1.60. The van der Waals surface area contributed by atoms with Crippen molar-refractivity contribution in [3.8, 4) is 17.2 Å². The highest BCUT2D eigenvalue weighted by molar-refractivity contribution is 6.06. The highest BCUT2D eigenvalue weighted by Crippen LogP contribution is 2.49. The van der Waals surface area contributed by atoms with E-state index in [1.165, 1.54) is 0 Å². The molecule has 1 spiro atoms. The second kappa shape index (κ2) is 8.79. The lowest BCUT2D eigenvalue weighted by Gasteiger charge is -2.38. The van der Waals surface area contributed by atoms with Gasteiger partial charge in [0.15, 0.2) is 11.5 Å². The fourth-order valence-electron chi connectivity index (χ4n) is 4.93. The minimum absolute atomic E-state index is 0.0526. The molecule has 1 saturated heterocycles. The molecular formula is C27H28N2O4. The van der Waals surface area contributed by atoms with Crippen LogP contribution in [0.3, 0.4) is 0 Å². The largest absolute Gasteiger partial charge is 0.508 e. The summed E-state index contributed by atoms with van der Waals surface area (Å²) in [5, 5.41) is 12.8. The molecular weight excluding hydrogens is 416 g/mol. The maximum absolute atomic E-state index is 13.2. The van der Waals surface area contributed by atoms with Crippen molar-refractivity contribution in [3.05, 3.63) is 83.4 Å². The van der Waals surface area contributed by atoms with Crippen LogP contribution in [0, 0.1) is 0 Å². The van der Waals surface area contributed by atoms with Crippen LogP contribution >= 0.6 is 0 Å². The van der Waals surface area contributed by atoms with Crippen LogP contribution in [0.5, 0.6) is 17.2 Å². The van der Waals surface area contributed by atoms with Crippen molar-refractivity contribution in [2.24, 2.45) is 0 Å². The Kier molecular flexibility index (Phi) is 5.68. The number of aromatic hydroxyl groups is 1. The maximum atomic E-state index is 13.2. The predicted octanol–water partition coefficient (Wildman–Crippen LogP) is 4.47. The minimum Gasteiger partial charge on any atom is -0.508 e. The molecule has 0 saturated carbocycles. The number of hydrogen-bond acceptors (Lipinski definition) is 5. The Morgan fingerprint density at radius 2 is 1.73 bits per heavy atom. The predicted molar refractivity (Wildman–Crippen MR) is 127 cm³/mol. The number of rotatable bonds is 6. The molecule has 2 heterocycles. The summed E-state index contributed by atoms with van der Waals surface area (Å²) >= 11 is 0. The van der Waals surface area contributed by atoms with Crippen LogP contribution in [0.2, 0.25) is 0 Å². The van der Waals surface area contributed by atoms with Gasteiger partial charge in [0.1, 0.15) is 12.4 Å². The Balaban J connectivity index is 1.33. The standard InChI is InChI=1S/C27H28N2O4/c1-32-24-15-22-23(16-25(24)33-18-19-6-3-2-4-7-19)28-26(31)27(22)10-12-29(13-11-27)17-20-8-5-9-21(30)14-20/h2-9,14-16,30H,10-13,17-18H2,1H3,(H,28,31). The minimum atomic E-state index is -0.546. The van der Waals surface area contributed by atoms with Crippen LogP contribution in [-0.2, 0) is 23.4 Å². The monoisotopic (exact) mass is 444 g/mol. The summed E-state index contributed by atoms with van der Waals surface area (Å²) in [6.07, 6.45) is 1.47. The number of phenolic OH excluding ortho intramolecular Hbond substituents is 1. The van der Waals surface area contributed by atoms with Crippen molar-refractivity contribution in [3.63, 3.8) is 0 Å². The lowest BCUT2D eigenvalue weighted by molar-refractivity contribution is -0.122. The van der Waals surface area contributed by atoms with Gasteiger partial charge in [-0.2, -0.15) is 0 Å². The number of hydrogen-bond donors (Lipinski definition) is 2. The molecule has 0 atom stereocenters. The summed E-state index contributed by atoms with van der Waals surface area (Å²) in [4.78, 5) is 15.5. The van der Waals surface area contributed by atoms with Gasteiger partial charge in [-0.25, -0.2) is 0 Å². The number of methoxy groups -OCH3 is 1. The summed E-state index contributed by atoms with van der Waals surface area (Å²) in [5.41, 5.74) is 3.40.